The topological polar surface area (TPSA) is 160 Å². The van der Waals surface area contributed by atoms with Crippen LogP contribution < -0.4 is 15.8 Å². The number of nitrogens with zero attached hydrogens (tertiary/aromatic N) is 4. The van der Waals surface area contributed by atoms with Crippen molar-refractivity contribution in [2.45, 2.75) is 44.0 Å². The van der Waals surface area contributed by atoms with Crippen molar-refractivity contribution in [3.8, 4) is 0 Å². The van der Waals surface area contributed by atoms with Crippen LogP contribution >= 0.6 is 0 Å². The minimum Gasteiger partial charge on any atom is -0.382 e. The van der Waals surface area contributed by atoms with E-state index in [2.05, 4.69) is 25.1 Å². The number of hydrogen-bond acceptors (Lipinski definition) is 8. The van der Waals surface area contributed by atoms with Crippen molar-refractivity contribution < 1.29 is 18.0 Å². The highest BCUT2D eigenvalue weighted by atomic mass is 32.2. The minimum absolute atomic E-state index is 0.0415. The van der Waals surface area contributed by atoms with E-state index in [1.807, 2.05) is 13.8 Å². The van der Waals surface area contributed by atoms with Crippen molar-refractivity contribution in [2.75, 3.05) is 12.3 Å². The summed E-state index contributed by atoms with van der Waals surface area (Å²) in [5.41, 5.74) is 6.62. The highest BCUT2D eigenvalue weighted by molar-refractivity contribution is 7.90. The van der Waals surface area contributed by atoms with E-state index in [0.29, 0.717) is 19.4 Å². The second kappa shape index (κ2) is 8.91. The Kier molecular flexibility index (Phi) is 6.44. The van der Waals surface area contributed by atoms with Crippen LogP contribution in [0.15, 0.2) is 46.7 Å². The van der Waals surface area contributed by atoms with Crippen molar-refractivity contribution in [1.82, 2.24) is 25.0 Å². The van der Waals surface area contributed by atoms with Gasteiger partial charge in [-0.25, -0.2) is 32.9 Å². The van der Waals surface area contributed by atoms with Gasteiger partial charge < -0.3 is 11.1 Å². The first-order valence-corrected chi connectivity index (χ1v) is 11.3. The van der Waals surface area contributed by atoms with Gasteiger partial charge in [-0.2, -0.15) is 5.10 Å². The van der Waals surface area contributed by atoms with Crippen molar-refractivity contribution >= 4 is 33.5 Å². The summed E-state index contributed by atoms with van der Waals surface area (Å²) in [4.78, 5) is 32.2. The second-order valence-electron chi connectivity index (χ2n) is 7.99. The molecule has 0 radical (unpaired) electrons. The number of aromatic nitrogens is 2. The molecule has 0 saturated heterocycles. The van der Waals surface area contributed by atoms with E-state index in [4.69, 9.17) is 5.73 Å². The van der Waals surface area contributed by atoms with Crippen molar-refractivity contribution in [3.05, 3.63) is 47.9 Å². The van der Waals surface area contributed by atoms with Crippen LogP contribution in [-0.2, 0) is 16.4 Å². The predicted molar refractivity (Wildman–Crippen MR) is 118 cm³/mol. The molecule has 2 heterocycles. The number of nitrogens with one attached hydrogen (secondary N) is 2. The standard InChI is InChI=1S/C20H25N7O4S/c1-13-12-20(2,3)27(25-13)19(29)26-32(30,31)15-6-4-14(5-7-15)8-9-24-18(28)16-17(21)23-11-10-22-16/h4-7,10-11H,8-9,12H2,1-3H3,(H2,21,23)(H,24,28)(H,26,29). The molecule has 1 aliphatic heterocycles. The number of carbonyl (C=O) groups is 2. The quantitative estimate of drug-likeness (QED) is 0.587. The van der Waals surface area contributed by atoms with Crippen molar-refractivity contribution in [3.63, 3.8) is 0 Å². The number of anilines is 1. The molecule has 1 aromatic heterocycles. The Bertz CT molecular complexity index is 1160. The highest BCUT2D eigenvalue weighted by Crippen LogP contribution is 2.27. The highest BCUT2D eigenvalue weighted by Gasteiger charge is 2.38. The molecule has 0 spiro atoms. The van der Waals surface area contributed by atoms with Gasteiger partial charge in [0.1, 0.15) is 0 Å². The first-order chi connectivity index (χ1) is 15.0. The molecule has 0 aliphatic carbocycles. The summed E-state index contributed by atoms with van der Waals surface area (Å²) in [5.74, 6) is -0.403. The van der Waals surface area contributed by atoms with Crippen LogP contribution in [-0.4, -0.2) is 53.1 Å². The third kappa shape index (κ3) is 5.19. The smallest absolute Gasteiger partial charge is 0.352 e. The molecule has 12 heteroatoms. The molecular formula is C20H25N7O4S. The molecule has 3 rings (SSSR count). The zero-order valence-electron chi connectivity index (χ0n) is 18.0. The number of hydrazone groups is 1. The van der Waals surface area contributed by atoms with E-state index >= 15 is 0 Å². The summed E-state index contributed by atoms with van der Waals surface area (Å²) in [7, 11) is -4.07. The number of nitrogen functional groups attached to an aromatic ring is 1. The molecular weight excluding hydrogens is 434 g/mol. The molecule has 11 nitrogen and oxygen atoms in total. The number of rotatable bonds is 6. The molecule has 1 aromatic carbocycles. The molecule has 1 aliphatic rings. The first-order valence-electron chi connectivity index (χ1n) is 9.84. The number of amides is 3. The zero-order chi connectivity index (χ0) is 23.5. The summed E-state index contributed by atoms with van der Waals surface area (Å²) in [6, 6.07) is 5.23. The lowest BCUT2D eigenvalue weighted by Crippen LogP contribution is -2.47. The van der Waals surface area contributed by atoms with Crippen LogP contribution in [0, 0.1) is 0 Å². The fourth-order valence-corrected chi connectivity index (χ4v) is 4.27. The normalized spacial score (nSPS) is 15.2. The Morgan fingerprint density at radius 3 is 2.41 bits per heavy atom. The van der Waals surface area contributed by atoms with Gasteiger partial charge >= 0.3 is 6.03 Å². The maximum Gasteiger partial charge on any atom is 0.352 e. The average Bonchev–Trinajstić information content (AvgIpc) is 3.00. The van der Waals surface area contributed by atoms with E-state index in [-0.39, 0.29) is 16.4 Å². The van der Waals surface area contributed by atoms with E-state index in [1.54, 1.807) is 19.1 Å². The molecule has 170 valence electrons. The van der Waals surface area contributed by atoms with E-state index in [0.717, 1.165) is 16.3 Å². The minimum atomic E-state index is -4.07. The number of benzene rings is 1. The monoisotopic (exact) mass is 459 g/mol. The number of hydrogen-bond donors (Lipinski definition) is 3. The van der Waals surface area contributed by atoms with Crippen molar-refractivity contribution in [1.29, 1.82) is 0 Å². The van der Waals surface area contributed by atoms with E-state index < -0.39 is 27.5 Å². The van der Waals surface area contributed by atoms with Gasteiger partial charge in [-0.15, -0.1) is 0 Å². The fraction of sp³-hybridized carbons (Fsp3) is 0.350. The Morgan fingerprint density at radius 2 is 1.81 bits per heavy atom. The van der Waals surface area contributed by atoms with Gasteiger partial charge in [0.15, 0.2) is 11.5 Å². The lowest BCUT2D eigenvalue weighted by atomic mass is 9.99. The number of carbonyl (C=O) groups excluding carboxylic acids is 2. The van der Waals surface area contributed by atoms with Gasteiger partial charge in [0, 0.05) is 31.1 Å². The maximum absolute atomic E-state index is 12.6. The summed E-state index contributed by atoms with van der Waals surface area (Å²) in [5, 5.41) is 7.97. The van der Waals surface area contributed by atoms with Gasteiger partial charge in [0.2, 0.25) is 0 Å². The second-order valence-corrected chi connectivity index (χ2v) is 9.67. The van der Waals surface area contributed by atoms with Crippen LogP contribution in [0.1, 0.15) is 43.2 Å². The molecule has 0 bridgehead atoms. The Labute approximate surface area is 186 Å². The fourth-order valence-electron chi connectivity index (χ4n) is 3.34. The molecule has 4 N–H and O–H groups in total. The van der Waals surface area contributed by atoms with E-state index in [9.17, 15) is 18.0 Å². The van der Waals surface area contributed by atoms with Gasteiger partial charge in [-0.1, -0.05) is 12.1 Å². The third-order valence-corrected chi connectivity index (χ3v) is 6.16. The lowest BCUT2D eigenvalue weighted by molar-refractivity contribution is 0.0949. The summed E-state index contributed by atoms with van der Waals surface area (Å²) < 4.78 is 27.3. The molecule has 2 aromatic rings. The molecule has 0 fully saturated rings. The van der Waals surface area contributed by atoms with Crippen molar-refractivity contribution in [2.24, 2.45) is 5.10 Å². The van der Waals surface area contributed by atoms with Crippen LogP contribution in [0.5, 0.6) is 0 Å². The van der Waals surface area contributed by atoms with Gasteiger partial charge in [-0.05, 0) is 44.9 Å². The molecule has 0 unspecified atom stereocenters. The maximum atomic E-state index is 12.6. The summed E-state index contributed by atoms with van der Waals surface area (Å²) >= 11 is 0. The molecule has 0 atom stereocenters. The summed E-state index contributed by atoms with van der Waals surface area (Å²) in [6.07, 6.45) is 3.79. The number of urea groups is 1. The Morgan fingerprint density at radius 1 is 1.16 bits per heavy atom. The van der Waals surface area contributed by atoms with Crippen LogP contribution in [0.3, 0.4) is 0 Å². The lowest BCUT2D eigenvalue weighted by Gasteiger charge is -2.28. The summed E-state index contributed by atoms with van der Waals surface area (Å²) in [6.45, 7) is 5.70. The van der Waals surface area contributed by atoms with Gasteiger partial charge in [-0.3, -0.25) is 4.79 Å². The SMILES string of the molecule is CC1=NN(C(=O)NS(=O)(=O)c2ccc(CCNC(=O)c3nccnc3N)cc2)C(C)(C)C1. The van der Waals surface area contributed by atoms with Crippen LogP contribution in [0.25, 0.3) is 0 Å². The van der Waals surface area contributed by atoms with Crippen LogP contribution in [0.4, 0.5) is 10.6 Å². The Hall–Kier alpha value is -3.54. The Balaban J connectivity index is 1.58. The molecule has 32 heavy (non-hydrogen) atoms. The van der Waals surface area contributed by atoms with Crippen LogP contribution in [0.2, 0.25) is 0 Å². The zero-order valence-corrected chi connectivity index (χ0v) is 18.8. The predicted octanol–water partition coefficient (Wildman–Crippen LogP) is 1.29. The molecule has 0 saturated carbocycles. The number of nitrogens with two attached hydrogens (primary N) is 1. The number of sulfonamides is 1. The molecule has 3 amide bonds. The average molecular weight is 460 g/mol. The van der Waals surface area contributed by atoms with Gasteiger partial charge in [0.25, 0.3) is 15.9 Å². The first kappa shape index (κ1) is 23.1. The third-order valence-electron chi connectivity index (χ3n) is 4.82. The van der Waals surface area contributed by atoms with Gasteiger partial charge in [0.05, 0.1) is 10.4 Å². The largest absolute Gasteiger partial charge is 0.382 e. The van der Waals surface area contributed by atoms with E-state index in [1.165, 1.54) is 24.5 Å².